The van der Waals surface area contributed by atoms with E-state index in [0.717, 1.165) is 12.0 Å². The minimum atomic E-state index is 0.478. The standard InChI is InChI=1S/C15H18O/c1-14(9-7-13-16-2)8-6-12-15-10-4-3-5-11-15/h3-5,7,9-11,14H,8,13H2,1-2H3/b9-7+/t14-/m0/s1. The minimum absolute atomic E-state index is 0.478. The van der Waals surface area contributed by atoms with Crippen LogP contribution in [0.25, 0.3) is 0 Å². The zero-order valence-electron chi connectivity index (χ0n) is 9.94. The average molecular weight is 214 g/mol. The second-order valence-electron chi connectivity index (χ2n) is 3.73. The predicted octanol–water partition coefficient (Wildman–Crippen LogP) is 3.27. The van der Waals surface area contributed by atoms with Crippen LogP contribution in [0.2, 0.25) is 0 Å². The van der Waals surface area contributed by atoms with Crippen molar-refractivity contribution >= 4 is 0 Å². The SMILES string of the molecule is COC/C=C/[C@@H](C)CC#Cc1ccccc1. The Kier molecular flexibility index (Phi) is 6.06. The summed E-state index contributed by atoms with van der Waals surface area (Å²) in [5, 5.41) is 0. The van der Waals surface area contributed by atoms with E-state index in [4.69, 9.17) is 4.74 Å². The summed E-state index contributed by atoms with van der Waals surface area (Å²) < 4.78 is 4.94. The molecule has 1 rings (SSSR count). The molecule has 1 heteroatoms. The summed E-state index contributed by atoms with van der Waals surface area (Å²) >= 11 is 0. The molecule has 0 spiro atoms. The Hall–Kier alpha value is -1.52. The molecule has 0 fully saturated rings. The van der Waals surface area contributed by atoms with Gasteiger partial charge in [-0.25, -0.2) is 0 Å². The van der Waals surface area contributed by atoms with Crippen LogP contribution in [-0.4, -0.2) is 13.7 Å². The smallest absolute Gasteiger partial charge is 0.0643 e. The first-order chi connectivity index (χ1) is 7.83. The van der Waals surface area contributed by atoms with Crippen molar-refractivity contribution in [2.45, 2.75) is 13.3 Å². The van der Waals surface area contributed by atoms with Gasteiger partial charge >= 0.3 is 0 Å². The summed E-state index contributed by atoms with van der Waals surface area (Å²) in [6.07, 6.45) is 5.06. The van der Waals surface area contributed by atoms with Crippen LogP contribution < -0.4 is 0 Å². The molecular weight excluding hydrogens is 196 g/mol. The Bertz CT molecular complexity index is 367. The van der Waals surface area contributed by atoms with E-state index >= 15 is 0 Å². The van der Waals surface area contributed by atoms with Crippen LogP contribution in [0, 0.1) is 17.8 Å². The molecule has 0 aromatic heterocycles. The first-order valence-electron chi connectivity index (χ1n) is 5.52. The second-order valence-corrected chi connectivity index (χ2v) is 3.73. The van der Waals surface area contributed by atoms with Crippen LogP contribution in [0.15, 0.2) is 42.5 Å². The maximum absolute atomic E-state index is 4.94. The maximum Gasteiger partial charge on any atom is 0.0643 e. The van der Waals surface area contributed by atoms with Gasteiger partial charge in [-0.3, -0.25) is 0 Å². The van der Waals surface area contributed by atoms with E-state index in [-0.39, 0.29) is 0 Å². The number of ether oxygens (including phenoxy) is 1. The van der Waals surface area contributed by atoms with Crippen molar-refractivity contribution in [3.05, 3.63) is 48.0 Å². The highest BCUT2D eigenvalue weighted by atomic mass is 16.5. The van der Waals surface area contributed by atoms with Gasteiger partial charge in [-0.2, -0.15) is 0 Å². The Balaban J connectivity index is 2.37. The molecule has 0 bridgehead atoms. The first kappa shape index (κ1) is 12.5. The van der Waals surface area contributed by atoms with Gasteiger partial charge in [-0.15, -0.1) is 0 Å². The van der Waals surface area contributed by atoms with Gasteiger partial charge in [0.25, 0.3) is 0 Å². The molecule has 1 nitrogen and oxygen atoms in total. The molecule has 0 amide bonds. The van der Waals surface area contributed by atoms with Crippen molar-refractivity contribution in [2.24, 2.45) is 5.92 Å². The van der Waals surface area contributed by atoms with Crippen molar-refractivity contribution in [3.63, 3.8) is 0 Å². The van der Waals surface area contributed by atoms with Gasteiger partial charge in [-0.05, 0) is 18.1 Å². The molecule has 0 aliphatic heterocycles. The molecule has 84 valence electrons. The molecule has 0 unspecified atom stereocenters. The lowest BCUT2D eigenvalue weighted by molar-refractivity contribution is 0.233. The van der Waals surface area contributed by atoms with Crippen molar-refractivity contribution < 1.29 is 4.74 Å². The van der Waals surface area contributed by atoms with Crippen LogP contribution >= 0.6 is 0 Å². The van der Waals surface area contributed by atoms with Crippen LogP contribution in [0.4, 0.5) is 0 Å². The third kappa shape index (κ3) is 5.38. The number of benzene rings is 1. The highest BCUT2D eigenvalue weighted by Gasteiger charge is 1.92. The van der Waals surface area contributed by atoms with E-state index in [1.165, 1.54) is 0 Å². The van der Waals surface area contributed by atoms with Gasteiger partial charge < -0.3 is 4.74 Å². The Morgan fingerprint density at radius 1 is 1.31 bits per heavy atom. The predicted molar refractivity (Wildman–Crippen MR) is 68.1 cm³/mol. The van der Waals surface area contributed by atoms with Crippen LogP contribution in [0.1, 0.15) is 18.9 Å². The van der Waals surface area contributed by atoms with Crippen LogP contribution in [0.5, 0.6) is 0 Å². The van der Waals surface area contributed by atoms with Gasteiger partial charge in [0.15, 0.2) is 0 Å². The molecule has 1 aromatic rings. The largest absolute Gasteiger partial charge is 0.381 e. The monoisotopic (exact) mass is 214 g/mol. The van der Waals surface area contributed by atoms with E-state index < -0.39 is 0 Å². The highest BCUT2D eigenvalue weighted by Crippen LogP contribution is 2.03. The van der Waals surface area contributed by atoms with Crippen molar-refractivity contribution in [3.8, 4) is 11.8 Å². The lowest BCUT2D eigenvalue weighted by atomic mass is 10.1. The molecule has 1 atom stereocenters. The summed E-state index contributed by atoms with van der Waals surface area (Å²) in [6, 6.07) is 10.1. The van der Waals surface area contributed by atoms with Gasteiger partial charge in [0, 0.05) is 19.1 Å². The molecule has 0 radical (unpaired) electrons. The summed E-state index contributed by atoms with van der Waals surface area (Å²) in [5.41, 5.74) is 1.08. The second kappa shape index (κ2) is 7.73. The van der Waals surface area contributed by atoms with Gasteiger partial charge in [0.05, 0.1) is 6.61 Å². The number of hydrogen-bond donors (Lipinski definition) is 0. The molecule has 1 aromatic carbocycles. The molecular formula is C15H18O. The first-order valence-corrected chi connectivity index (χ1v) is 5.52. The number of allylic oxidation sites excluding steroid dienone is 1. The molecule has 0 aliphatic carbocycles. The Morgan fingerprint density at radius 2 is 2.06 bits per heavy atom. The summed E-state index contributed by atoms with van der Waals surface area (Å²) in [6.45, 7) is 2.84. The van der Waals surface area contributed by atoms with Crippen molar-refractivity contribution in [1.29, 1.82) is 0 Å². The fourth-order valence-electron chi connectivity index (χ4n) is 1.29. The van der Waals surface area contributed by atoms with E-state index in [1.54, 1.807) is 7.11 Å². The zero-order valence-corrected chi connectivity index (χ0v) is 9.94. The number of hydrogen-bond acceptors (Lipinski definition) is 1. The fourth-order valence-corrected chi connectivity index (χ4v) is 1.29. The topological polar surface area (TPSA) is 9.23 Å². The highest BCUT2D eigenvalue weighted by molar-refractivity contribution is 5.33. The number of methoxy groups -OCH3 is 1. The minimum Gasteiger partial charge on any atom is -0.381 e. The van der Waals surface area contributed by atoms with E-state index in [2.05, 4.69) is 24.8 Å². The summed E-state index contributed by atoms with van der Waals surface area (Å²) in [5.74, 6) is 6.82. The fraction of sp³-hybridized carbons (Fsp3) is 0.333. The van der Waals surface area contributed by atoms with E-state index in [9.17, 15) is 0 Å². The summed E-state index contributed by atoms with van der Waals surface area (Å²) in [4.78, 5) is 0. The Morgan fingerprint density at radius 3 is 2.75 bits per heavy atom. The lowest BCUT2D eigenvalue weighted by Crippen LogP contribution is -1.89. The average Bonchev–Trinajstić information content (AvgIpc) is 2.31. The molecule has 0 N–H and O–H groups in total. The molecule has 0 aliphatic rings. The van der Waals surface area contributed by atoms with Crippen LogP contribution in [0.3, 0.4) is 0 Å². The lowest BCUT2D eigenvalue weighted by Gasteiger charge is -1.98. The molecule has 16 heavy (non-hydrogen) atoms. The molecule has 0 heterocycles. The van der Waals surface area contributed by atoms with Gasteiger partial charge in [-0.1, -0.05) is 49.1 Å². The molecule has 0 saturated carbocycles. The zero-order chi connectivity index (χ0) is 11.6. The van der Waals surface area contributed by atoms with E-state index in [0.29, 0.717) is 12.5 Å². The Labute approximate surface area is 98.1 Å². The maximum atomic E-state index is 4.94. The normalized spacial score (nSPS) is 12.1. The van der Waals surface area contributed by atoms with Crippen molar-refractivity contribution in [1.82, 2.24) is 0 Å². The summed E-state index contributed by atoms with van der Waals surface area (Å²) in [7, 11) is 1.70. The molecule has 0 saturated heterocycles. The van der Waals surface area contributed by atoms with E-state index in [1.807, 2.05) is 36.4 Å². The van der Waals surface area contributed by atoms with Crippen molar-refractivity contribution in [2.75, 3.05) is 13.7 Å². The third-order valence-electron chi connectivity index (χ3n) is 2.16. The number of rotatable bonds is 4. The van der Waals surface area contributed by atoms with Crippen LogP contribution in [-0.2, 0) is 4.74 Å². The third-order valence-corrected chi connectivity index (χ3v) is 2.16. The quantitative estimate of drug-likeness (QED) is 0.552. The van der Waals surface area contributed by atoms with Gasteiger partial charge in [0.1, 0.15) is 0 Å². The van der Waals surface area contributed by atoms with Gasteiger partial charge in [0.2, 0.25) is 0 Å².